The fourth-order valence-electron chi connectivity index (χ4n) is 1.44. The van der Waals surface area contributed by atoms with Crippen molar-refractivity contribution >= 4 is 32.7 Å². The van der Waals surface area contributed by atoms with E-state index in [9.17, 15) is 9.59 Å². The highest BCUT2D eigenvalue weighted by atomic mass is 79.9. The lowest BCUT2D eigenvalue weighted by Gasteiger charge is -2.03. The Kier molecular flexibility index (Phi) is 2.32. The highest BCUT2D eigenvalue weighted by molar-refractivity contribution is 9.10. The molecule has 1 heterocycles. The summed E-state index contributed by atoms with van der Waals surface area (Å²) in [6, 6.07) is 4.98. The highest BCUT2D eigenvalue weighted by Gasteiger charge is 2.12. The van der Waals surface area contributed by atoms with Crippen LogP contribution in [0, 0.1) is 0 Å². The molecule has 0 aliphatic carbocycles. The van der Waals surface area contributed by atoms with Gasteiger partial charge in [-0.3, -0.25) is 4.79 Å². The zero-order valence-corrected chi connectivity index (χ0v) is 9.04. The van der Waals surface area contributed by atoms with E-state index < -0.39 is 5.97 Å². The molecule has 1 aromatic carbocycles. The van der Waals surface area contributed by atoms with Crippen molar-refractivity contribution in [1.29, 1.82) is 0 Å². The first-order chi connectivity index (χ1) is 7.11. The molecule has 0 saturated heterocycles. The monoisotopic (exact) mass is 267 g/mol. The molecule has 0 amide bonds. The first-order valence-corrected chi connectivity index (χ1v) is 4.94. The molecular formula is C10H6BrNO3. The number of benzene rings is 1. The summed E-state index contributed by atoms with van der Waals surface area (Å²) < 4.78 is 0.600. The molecule has 0 aliphatic rings. The number of hydrogen-bond acceptors (Lipinski definition) is 2. The summed E-state index contributed by atoms with van der Waals surface area (Å²) in [4.78, 5) is 24.8. The standard InChI is InChI=1S/C10H6BrNO3/c11-7-3-1-2-5-8(7)6(10(14)15)4-12-9(5)13/h1-4H,(H,12,13)(H,14,15). The fourth-order valence-corrected chi connectivity index (χ4v) is 2.02. The SMILES string of the molecule is O=C(O)c1c[nH]c(=O)c2cccc(Br)c12. The Hall–Kier alpha value is -1.62. The number of carboxylic acids is 1. The third-order valence-corrected chi connectivity index (χ3v) is 2.77. The van der Waals surface area contributed by atoms with Crippen molar-refractivity contribution < 1.29 is 9.90 Å². The number of aromatic carboxylic acids is 1. The Labute approximate surface area is 92.7 Å². The smallest absolute Gasteiger partial charge is 0.337 e. The second kappa shape index (κ2) is 3.51. The summed E-state index contributed by atoms with van der Waals surface area (Å²) in [6.07, 6.45) is 1.21. The molecule has 15 heavy (non-hydrogen) atoms. The molecule has 0 saturated carbocycles. The van der Waals surface area contributed by atoms with Crippen LogP contribution in [0.3, 0.4) is 0 Å². The number of carboxylic acid groups (broad SMARTS) is 1. The van der Waals surface area contributed by atoms with Crippen LogP contribution in [0.4, 0.5) is 0 Å². The summed E-state index contributed by atoms with van der Waals surface area (Å²) in [5.41, 5.74) is -0.214. The van der Waals surface area contributed by atoms with Gasteiger partial charge in [-0.25, -0.2) is 4.79 Å². The van der Waals surface area contributed by atoms with Gasteiger partial charge in [-0.15, -0.1) is 0 Å². The molecule has 2 aromatic rings. The Balaban J connectivity index is 3.03. The largest absolute Gasteiger partial charge is 0.478 e. The maximum Gasteiger partial charge on any atom is 0.337 e. The Morgan fingerprint density at radius 3 is 2.80 bits per heavy atom. The van der Waals surface area contributed by atoms with Crippen LogP contribution in [0.2, 0.25) is 0 Å². The van der Waals surface area contributed by atoms with Gasteiger partial charge in [0.2, 0.25) is 0 Å². The Bertz CT molecular complexity index is 603. The maximum atomic E-state index is 11.4. The van der Waals surface area contributed by atoms with Crippen molar-refractivity contribution in [2.24, 2.45) is 0 Å². The molecule has 0 aliphatic heterocycles. The lowest BCUT2D eigenvalue weighted by atomic mass is 10.1. The minimum absolute atomic E-state index is 0.0806. The minimum Gasteiger partial charge on any atom is -0.478 e. The van der Waals surface area contributed by atoms with E-state index in [1.165, 1.54) is 6.20 Å². The number of pyridine rings is 1. The van der Waals surface area contributed by atoms with Crippen LogP contribution in [0.15, 0.2) is 33.7 Å². The molecule has 0 unspecified atom stereocenters. The fraction of sp³-hybridized carbons (Fsp3) is 0. The molecule has 5 heteroatoms. The molecule has 0 bridgehead atoms. The van der Waals surface area contributed by atoms with Crippen LogP contribution in [-0.2, 0) is 0 Å². The van der Waals surface area contributed by atoms with E-state index in [0.29, 0.717) is 15.2 Å². The zero-order valence-electron chi connectivity index (χ0n) is 7.45. The quantitative estimate of drug-likeness (QED) is 0.830. The van der Waals surface area contributed by atoms with E-state index >= 15 is 0 Å². The van der Waals surface area contributed by atoms with Gasteiger partial charge in [0.25, 0.3) is 5.56 Å². The summed E-state index contributed by atoms with van der Waals surface area (Å²) in [5, 5.41) is 9.75. The molecular weight excluding hydrogens is 262 g/mol. The molecule has 1 aromatic heterocycles. The van der Waals surface area contributed by atoms with Gasteiger partial charge in [0.1, 0.15) is 0 Å². The van der Waals surface area contributed by atoms with Gasteiger partial charge in [0.05, 0.1) is 5.56 Å². The summed E-state index contributed by atoms with van der Waals surface area (Å²) in [6.45, 7) is 0. The van der Waals surface area contributed by atoms with Crippen molar-refractivity contribution in [2.75, 3.05) is 0 Å². The first-order valence-electron chi connectivity index (χ1n) is 4.14. The summed E-state index contributed by atoms with van der Waals surface area (Å²) in [5.74, 6) is -1.07. The van der Waals surface area contributed by atoms with E-state index in [1.54, 1.807) is 18.2 Å². The van der Waals surface area contributed by atoms with Gasteiger partial charge in [0, 0.05) is 21.4 Å². The second-order valence-corrected chi connectivity index (χ2v) is 3.85. The summed E-state index contributed by atoms with van der Waals surface area (Å²) >= 11 is 3.23. The Morgan fingerprint density at radius 2 is 2.13 bits per heavy atom. The predicted octanol–water partition coefficient (Wildman–Crippen LogP) is 1.99. The average molecular weight is 268 g/mol. The van der Waals surface area contributed by atoms with Crippen LogP contribution in [0.5, 0.6) is 0 Å². The van der Waals surface area contributed by atoms with E-state index in [2.05, 4.69) is 20.9 Å². The first kappa shape index (κ1) is 9.92. The molecule has 0 radical (unpaired) electrons. The number of nitrogens with one attached hydrogen (secondary N) is 1. The van der Waals surface area contributed by atoms with Crippen molar-refractivity contribution in [3.8, 4) is 0 Å². The zero-order chi connectivity index (χ0) is 11.0. The number of aromatic nitrogens is 1. The lowest BCUT2D eigenvalue weighted by molar-refractivity contribution is 0.0698. The van der Waals surface area contributed by atoms with Crippen LogP contribution >= 0.6 is 15.9 Å². The van der Waals surface area contributed by atoms with Crippen LogP contribution in [-0.4, -0.2) is 16.1 Å². The molecule has 4 nitrogen and oxygen atoms in total. The van der Waals surface area contributed by atoms with E-state index in [0.717, 1.165) is 0 Å². The molecule has 0 fully saturated rings. The van der Waals surface area contributed by atoms with Gasteiger partial charge in [-0.05, 0) is 12.1 Å². The Morgan fingerprint density at radius 1 is 1.40 bits per heavy atom. The molecule has 0 atom stereocenters. The maximum absolute atomic E-state index is 11.4. The van der Waals surface area contributed by atoms with Gasteiger partial charge in [-0.2, -0.15) is 0 Å². The second-order valence-electron chi connectivity index (χ2n) is 3.00. The predicted molar refractivity (Wildman–Crippen MR) is 59.2 cm³/mol. The van der Waals surface area contributed by atoms with Crippen molar-refractivity contribution in [3.05, 3.63) is 44.8 Å². The number of rotatable bonds is 1. The number of H-pyrrole nitrogens is 1. The third kappa shape index (κ3) is 1.55. The number of carbonyl (C=O) groups is 1. The molecule has 2 N–H and O–H groups in total. The van der Waals surface area contributed by atoms with Crippen molar-refractivity contribution in [1.82, 2.24) is 4.98 Å². The minimum atomic E-state index is -1.07. The normalized spacial score (nSPS) is 10.5. The molecule has 76 valence electrons. The van der Waals surface area contributed by atoms with Crippen LogP contribution in [0.25, 0.3) is 10.8 Å². The van der Waals surface area contributed by atoms with E-state index in [-0.39, 0.29) is 11.1 Å². The number of hydrogen-bond donors (Lipinski definition) is 2. The average Bonchev–Trinajstić information content (AvgIpc) is 2.19. The van der Waals surface area contributed by atoms with Crippen molar-refractivity contribution in [2.45, 2.75) is 0 Å². The molecule has 2 rings (SSSR count). The number of halogens is 1. The molecule has 0 spiro atoms. The van der Waals surface area contributed by atoms with Gasteiger partial charge in [0.15, 0.2) is 0 Å². The van der Waals surface area contributed by atoms with E-state index in [1.807, 2.05) is 0 Å². The lowest BCUT2D eigenvalue weighted by Crippen LogP contribution is -2.10. The highest BCUT2D eigenvalue weighted by Crippen LogP contribution is 2.24. The van der Waals surface area contributed by atoms with E-state index in [4.69, 9.17) is 5.11 Å². The van der Waals surface area contributed by atoms with Crippen LogP contribution < -0.4 is 5.56 Å². The summed E-state index contributed by atoms with van der Waals surface area (Å²) in [7, 11) is 0. The topological polar surface area (TPSA) is 70.2 Å². The third-order valence-electron chi connectivity index (χ3n) is 2.11. The number of fused-ring (bicyclic) bond motifs is 1. The van der Waals surface area contributed by atoms with Gasteiger partial charge in [-0.1, -0.05) is 22.0 Å². The van der Waals surface area contributed by atoms with Gasteiger partial charge >= 0.3 is 5.97 Å². The van der Waals surface area contributed by atoms with Crippen LogP contribution in [0.1, 0.15) is 10.4 Å². The van der Waals surface area contributed by atoms with Gasteiger partial charge < -0.3 is 10.1 Å². The van der Waals surface area contributed by atoms with Crippen molar-refractivity contribution in [3.63, 3.8) is 0 Å². The number of aromatic amines is 1.